The summed E-state index contributed by atoms with van der Waals surface area (Å²) in [5.41, 5.74) is 2.48. The third-order valence-corrected chi connectivity index (χ3v) is 5.80. The van der Waals surface area contributed by atoms with Gasteiger partial charge in [-0.2, -0.15) is 5.10 Å². The molecule has 1 N–H and O–H groups in total. The number of carbonyl (C=O) groups is 1. The van der Waals surface area contributed by atoms with E-state index in [1.54, 1.807) is 21.5 Å². The van der Waals surface area contributed by atoms with E-state index in [4.69, 9.17) is 35.4 Å². The number of halogens is 2. The average molecular weight is 446 g/mol. The summed E-state index contributed by atoms with van der Waals surface area (Å²) in [6.45, 7) is 0.276. The monoisotopic (exact) mass is 445 g/mol. The van der Waals surface area contributed by atoms with Crippen molar-refractivity contribution in [3.63, 3.8) is 0 Å². The molecule has 2 aromatic heterocycles. The number of aromatic nitrogens is 6. The molecule has 8 nitrogen and oxygen atoms in total. The summed E-state index contributed by atoms with van der Waals surface area (Å²) < 4.78 is 3.57. The molecule has 4 aromatic rings. The van der Waals surface area contributed by atoms with E-state index in [1.165, 1.54) is 5.01 Å². The molecule has 0 bridgehead atoms. The summed E-state index contributed by atoms with van der Waals surface area (Å²) in [5, 5.41) is 16.8. The first-order chi connectivity index (χ1) is 14.0. The molecule has 0 spiro atoms. The van der Waals surface area contributed by atoms with Gasteiger partial charge in [0.05, 0.1) is 5.52 Å². The Morgan fingerprint density at radius 3 is 2.69 bits per heavy atom. The van der Waals surface area contributed by atoms with Crippen molar-refractivity contribution >= 4 is 52.4 Å². The van der Waals surface area contributed by atoms with Crippen LogP contribution >= 0.6 is 35.4 Å². The predicted octanol–water partition coefficient (Wildman–Crippen LogP) is 3.21. The number of carbonyl (C=O) groups excluding carboxylic acids is 1. The van der Waals surface area contributed by atoms with Gasteiger partial charge in [-0.15, -0.1) is 16.7 Å². The molecule has 1 aliphatic heterocycles. The molecule has 0 radical (unpaired) electrons. The van der Waals surface area contributed by atoms with Crippen LogP contribution in [0, 0.1) is 4.77 Å². The smallest absolute Gasteiger partial charge is 0.262 e. The van der Waals surface area contributed by atoms with Gasteiger partial charge in [0.1, 0.15) is 23.5 Å². The van der Waals surface area contributed by atoms with Crippen LogP contribution in [0.2, 0.25) is 5.02 Å². The molecule has 1 amide bonds. The first-order valence-corrected chi connectivity index (χ1v) is 9.94. The van der Waals surface area contributed by atoms with E-state index >= 15 is 0 Å². The molecule has 1 aliphatic rings. The van der Waals surface area contributed by atoms with Gasteiger partial charge in [0, 0.05) is 5.02 Å². The zero-order valence-corrected chi connectivity index (χ0v) is 17.1. The molecule has 29 heavy (non-hydrogen) atoms. The summed E-state index contributed by atoms with van der Waals surface area (Å²) in [7, 11) is 0. The van der Waals surface area contributed by atoms with Crippen LogP contribution < -0.4 is 5.01 Å². The van der Waals surface area contributed by atoms with Gasteiger partial charge in [-0.05, 0) is 42.0 Å². The molecule has 2 unspecified atom stereocenters. The van der Waals surface area contributed by atoms with Gasteiger partial charge in [0.15, 0.2) is 5.82 Å². The number of nitrogens with zero attached hydrogens (tertiary/aromatic N) is 6. The third-order valence-electron chi connectivity index (χ3n) is 4.86. The van der Waals surface area contributed by atoms with E-state index in [9.17, 15) is 4.79 Å². The van der Waals surface area contributed by atoms with Crippen LogP contribution in [0.3, 0.4) is 0 Å². The largest absolute Gasteiger partial charge is 0.271 e. The van der Waals surface area contributed by atoms with Gasteiger partial charge in [0.25, 0.3) is 5.91 Å². The fourth-order valence-corrected chi connectivity index (χ4v) is 4.17. The highest BCUT2D eigenvalue weighted by Gasteiger charge is 2.49. The quantitative estimate of drug-likeness (QED) is 0.296. The Morgan fingerprint density at radius 1 is 1.14 bits per heavy atom. The number of hydrogen-bond donors (Lipinski definition) is 1. The highest BCUT2D eigenvalue weighted by atomic mass is 35.5. The number of H-pyrrole nitrogens is 1. The van der Waals surface area contributed by atoms with Crippen LogP contribution in [0.1, 0.15) is 17.4 Å². The van der Waals surface area contributed by atoms with Crippen molar-refractivity contribution in [1.29, 1.82) is 0 Å². The lowest BCUT2D eigenvalue weighted by Crippen LogP contribution is -2.62. The van der Waals surface area contributed by atoms with E-state index < -0.39 is 11.4 Å². The van der Waals surface area contributed by atoms with Crippen molar-refractivity contribution in [2.45, 2.75) is 18.0 Å². The number of benzene rings is 2. The molecule has 5 rings (SSSR count). The normalized spacial score (nSPS) is 19.0. The summed E-state index contributed by atoms with van der Waals surface area (Å²) >= 11 is 17.7. The molecule has 2 aromatic carbocycles. The average Bonchev–Trinajstić information content (AvgIpc) is 3.30. The van der Waals surface area contributed by atoms with Gasteiger partial charge >= 0.3 is 0 Å². The molecule has 146 valence electrons. The van der Waals surface area contributed by atoms with Crippen molar-refractivity contribution in [3.8, 4) is 0 Å². The number of aromatic amines is 1. The Bertz CT molecular complexity index is 1280. The zero-order valence-electron chi connectivity index (χ0n) is 14.7. The van der Waals surface area contributed by atoms with E-state index in [1.807, 2.05) is 36.4 Å². The molecule has 1 fully saturated rings. The van der Waals surface area contributed by atoms with Gasteiger partial charge < -0.3 is 0 Å². The molecule has 0 saturated carbocycles. The Kier molecular flexibility index (Phi) is 4.38. The summed E-state index contributed by atoms with van der Waals surface area (Å²) in [5.74, 6) is 0.260. The minimum absolute atomic E-state index is 0.256. The van der Waals surface area contributed by atoms with Crippen molar-refractivity contribution in [2.24, 2.45) is 0 Å². The Morgan fingerprint density at radius 2 is 1.90 bits per heavy atom. The molecule has 0 aliphatic carbocycles. The van der Waals surface area contributed by atoms with E-state index in [0.29, 0.717) is 15.6 Å². The lowest BCUT2D eigenvalue weighted by molar-refractivity contribution is -0.126. The molecule has 3 heterocycles. The number of amides is 1. The first-order valence-electron chi connectivity index (χ1n) is 8.72. The highest BCUT2D eigenvalue weighted by Crippen LogP contribution is 2.38. The van der Waals surface area contributed by atoms with Crippen molar-refractivity contribution in [2.75, 3.05) is 5.01 Å². The number of β-lactam (4-membered cyclic amide) rings is 1. The maximum Gasteiger partial charge on any atom is 0.262 e. The van der Waals surface area contributed by atoms with Crippen molar-refractivity contribution < 1.29 is 4.79 Å². The van der Waals surface area contributed by atoms with E-state index in [0.717, 1.165) is 16.6 Å². The topological polar surface area (TPSA) is 84.6 Å². The number of nitrogens with one attached hydrogen (secondary N) is 1. The second-order valence-electron chi connectivity index (χ2n) is 6.57. The first kappa shape index (κ1) is 18.3. The zero-order chi connectivity index (χ0) is 20.1. The van der Waals surface area contributed by atoms with Crippen LogP contribution in [-0.4, -0.2) is 41.2 Å². The van der Waals surface area contributed by atoms with Crippen LogP contribution in [0.4, 0.5) is 0 Å². The lowest BCUT2D eigenvalue weighted by Gasteiger charge is -2.44. The molecular formula is C18H13Cl2N7OS. The molecular weight excluding hydrogens is 433 g/mol. The fraction of sp³-hybridized carbons (Fsp3) is 0.167. The molecule has 2 atom stereocenters. The van der Waals surface area contributed by atoms with Crippen LogP contribution in [0.25, 0.3) is 11.0 Å². The minimum Gasteiger partial charge on any atom is -0.271 e. The van der Waals surface area contributed by atoms with Crippen LogP contribution in [0.5, 0.6) is 0 Å². The Hall–Kier alpha value is -2.75. The molecule has 11 heteroatoms. The van der Waals surface area contributed by atoms with Gasteiger partial charge in [-0.1, -0.05) is 41.1 Å². The standard InChI is InChI=1S/C18H13Cl2N7OS/c19-11-7-5-10(6-8-11)16-15(20)17(28)27(16)26-14(22-23-18(26)29)9-25-13-4-2-1-3-12(13)21-24-25/h1-8,15-16H,9H2,(H,23,29). The van der Waals surface area contributed by atoms with E-state index in [-0.39, 0.29) is 12.5 Å². The number of alkyl halides is 1. The number of hydrogen-bond acceptors (Lipinski definition) is 5. The SMILES string of the molecule is O=C1C(Cl)C(c2ccc(Cl)cc2)N1n1c(Cn2nnc3ccccc32)n[nH]c1=S. The number of para-hydroxylation sites is 1. The minimum atomic E-state index is -0.701. The lowest BCUT2D eigenvalue weighted by atomic mass is 9.95. The van der Waals surface area contributed by atoms with Crippen molar-refractivity contribution in [1.82, 2.24) is 29.9 Å². The highest BCUT2D eigenvalue weighted by molar-refractivity contribution is 7.71. The Balaban J connectivity index is 1.54. The number of rotatable bonds is 4. The van der Waals surface area contributed by atoms with Crippen LogP contribution in [0.15, 0.2) is 48.5 Å². The van der Waals surface area contributed by atoms with Gasteiger partial charge in [0.2, 0.25) is 4.77 Å². The van der Waals surface area contributed by atoms with Gasteiger partial charge in [-0.25, -0.2) is 14.4 Å². The maximum absolute atomic E-state index is 12.7. The summed E-state index contributed by atoms with van der Waals surface area (Å²) in [6, 6.07) is 14.4. The van der Waals surface area contributed by atoms with Crippen LogP contribution in [-0.2, 0) is 11.3 Å². The summed E-state index contributed by atoms with van der Waals surface area (Å²) in [6.07, 6.45) is 0. The van der Waals surface area contributed by atoms with E-state index in [2.05, 4.69) is 20.5 Å². The number of fused-ring (bicyclic) bond motifs is 1. The Labute approximate surface area is 179 Å². The van der Waals surface area contributed by atoms with Crippen molar-refractivity contribution in [3.05, 3.63) is 69.7 Å². The fourth-order valence-electron chi connectivity index (χ4n) is 3.45. The maximum atomic E-state index is 12.7. The second-order valence-corrected chi connectivity index (χ2v) is 7.87. The van der Waals surface area contributed by atoms with Gasteiger partial charge in [-0.3, -0.25) is 9.89 Å². The third kappa shape index (κ3) is 2.93. The second kappa shape index (κ2) is 6.94. The summed E-state index contributed by atoms with van der Waals surface area (Å²) in [4.78, 5) is 12.7. The predicted molar refractivity (Wildman–Crippen MR) is 111 cm³/mol. The molecule has 1 saturated heterocycles.